The Labute approximate surface area is 91.8 Å². The SMILES string of the molecule is CC(C)N1C[C@@H](F)C[C@H]1C(=O)C(C)(C)C. The predicted octanol–water partition coefficient (Wildman–Crippen LogP) is 2.42. The largest absolute Gasteiger partial charge is 0.297 e. The molecule has 0 bridgehead atoms. The van der Waals surface area contributed by atoms with Crippen molar-refractivity contribution in [3.63, 3.8) is 0 Å². The van der Waals surface area contributed by atoms with E-state index in [1.807, 2.05) is 39.5 Å². The average molecular weight is 215 g/mol. The number of ketones is 1. The number of Topliss-reactive ketones (excluding diaryl/α,β-unsaturated/α-hetero) is 1. The molecule has 0 unspecified atom stereocenters. The maximum atomic E-state index is 13.3. The minimum Gasteiger partial charge on any atom is -0.297 e. The van der Waals surface area contributed by atoms with Crippen molar-refractivity contribution in [2.24, 2.45) is 5.41 Å². The zero-order chi connectivity index (χ0) is 11.8. The van der Waals surface area contributed by atoms with Gasteiger partial charge in [-0.25, -0.2) is 4.39 Å². The first kappa shape index (κ1) is 12.6. The highest BCUT2D eigenvalue weighted by molar-refractivity contribution is 5.89. The molecule has 1 fully saturated rings. The van der Waals surface area contributed by atoms with Crippen LogP contribution in [0.3, 0.4) is 0 Å². The lowest BCUT2D eigenvalue weighted by molar-refractivity contribution is -0.131. The second kappa shape index (κ2) is 4.20. The predicted molar refractivity (Wildman–Crippen MR) is 59.6 cm³/mol. The summed E-state index contributed by atoms with van der Waals surface area (Å²) in [5.74, 6) is 0.163. The summed E-state index contributed by atoms with van der Waals surface area (Å²) in [7, 11) is 0. The molecule has 1 aliphatic rings. The molecule has 88 valence electrons. The van der Waals surface area contributed by atoms with Gasteiger partial charge in [-0.2, -0.15) is 0 Å². The number of carbonyl (C=O) groups excluding carboxylic acids is 1. The van der Waals surface area contributed by atoms with Crippen molar-refractivity contribution in [2.75, 3.05) is 6.54 Å². The van der Waals surface area contributed by atoms with Crippen molar-refractivity contribution in [1.29, 1.82) is 0 Å². The summed E-state index contributed by atoms with van der Waals surface area (Å²) in [4.78, 5) is 14.1. The minimum atomic E-state index is -0.844. The molecule has 1 heterocycles. The number of alkyl halides is 1. The Morgan fingerprint density at radius 1 is 1.40 bits per heavy atom. The molecule has 0 aliphatic carbocycles. The maximum absolute atomic E-state index is 13.3. The van der Waals surface area contributed by atoms with E-state index in [-0.39, 0.29) is 23.3 Å². The third-order valence-corrected chi connectivity index (χ3v) is 2.99. The third kappa shape index (κ3) is 2.77. The molecule has 0 N–H and O–H groups in total. The normalized spacial score (nSPS) is 28.7. The fourth-order valence-corrected chi connectivity index (χ4v) is 2.14. The Balaban J connectivity index is 2.80. The molecule has 1 aliphatic heterocycles. The molecular formula is C12H22FNO. The van der Waals surface area contributed by atoms with Gasteiger partial charge in [0.1, 0.15) is 6.17 Å². The van der Waals surface area contributed by atoms with Crippen LogP contribution in [-0.4, -0.2) is 35.5 Å². The van der Waals surface area contributed by atoms with Gasteiger partial charge >= 0.3 is 0 Å². The van der Waals surface area contributed by atoms with Crippen molar-refractivity contribution in [3.8, 4) is 0 Å². The van der Waals surface area contributed by atoms with Gasteiger partial charge in [-0.3, -0.25) is 9.69 Å². The lowest BCUT2D eigenvalue weighted by Gasteiger charge is -2.31. The lowest BCUT2D eigenvalue weighted by atomic mass is 9.85. The molecule has 15 heavy (non-hydrogen) atoms. The summed E-state index contributed by atoms with van der Waals surface area (Å²) in [5, 5.41) is 0. The Morgan fingerprint density at radius 2 is 1.93 bits per heavy atom. The second-order valence-electron chi connectivity index (χ2n) is 5.75. The summed E-state index contributed by atoms with van der Waals surface area (Å²) < 4.78 is 13.3. The van der Waals surface area contributed by atoms with Gasteiger partial charge < -0.3 is 0 Å². The highest BCUT2D eigenvalue weighted by Gasteiger charge is 2.41. The first-order valence-electron chi connectivity index (χ1n) is 5.67. The second-order valence-corrected chi connectivity index (χ2v) is 5.75. The molecule has 0 spiro atoms. The summed E-state index contributed by atoms with van der Waals surface area (Å²) in [6.45, 7) is 10.1. The fraction of sp³-hybridized carbons (Fsp3) is 0.917. The van der Waals surface area contributed by atoms with E-state index < -0.39 is 6.17 Å². The van der Waals surface area contributed by atoms with Gasteiger partial charge in [0.2, 0.25) is 0 Å². The summed E-state index contributed by atoms with van der Waals surface area (Å²) in [6.07, 6.45) is -0.474. The van der Waals surface area contributed by atoms with Crippen molar-refractivity contribution in [2.45, 2.75) is 59.3 Å². The van der Waals surface area contributed by atoms with Crippen molar-refractivity contribution in [3.05, 3.63) is 0 Å². The lowest BCUT2D eigenvalue weighted by Crippen LogP contribution is -2.44. The first-order valence-corrected chi connectivity index (χ1v) is 5.67. The van der Waals surface area contributed by atoms with Crippen molar-refractivity contribution >= 4 is 5.78 Å². The van der Waals surface area contributed by atoms with Gasteiger partial charge in [0.25, 0.3) is 0 Å². The number of likely N-dealkylation sites (tertiary alicyclic amines) is 1. The van der Waals surface area contributed by atoms with Crippen LogP contribution in [0.5, 0.6) is 0 Å². The number of carbonyl (C=O) groups is 1. The van der Waals surface area contributed by atoms with Crippen LogP contribution in [0.2, 0.25) is 0 Å². The van der Waals surface area contributed by atoms with Crippen molar-refractivity contribution < 1.29 is 9.18 Å². The molecule has 0 amide bonds. The maximum Gasteiger partial charge on any atom is 0.155 e. The number of hydrogen-bond donors (Lipinski definition) is 0. The summed E-state index contributed by atoms with van der Waals surface area (Å²) in [5.41, 5.74) is -0.373. The van der Waals surface area contributed by atoms with Gasteiger partial charge in [-0.05, 0) is 13.8 Å². The van der Waals surface area contributed by atoms with Gasteiger partial charge in [0.15, 0.2) is 5.78 Å². The van der Waals surface area contributed by atoms with Crippen molar-refractivity contribution in [1.82, 2.24) is 4.90 Å². The molecule has 1 rings (SSSR count). The van der Waals surface area contributed by atoms with E-state index in [2.05, 4.69) is 0 Å². The quantitative estimate of drug-likeness (QED) is 0.705. The zero-order valence-corrected chi connectivity index (χ0v) is 10.4. The molecule has 2 nitrogen and oxygen atoms in total. The summed E-state index contributed by atoms with van der Waals surface area (Å²) in [6, 6.07) is 0.0158. The highest BCUT2D eigenvalue weighted by atomic mass is 19.1. The van der Waals surface area contributed by atoms with Crippen LogP contribution in [0.4, 0.5) is 4.39 Å². The molecule has 3 heteroatoms. The molecule has 0 radical (unpaired) electrons. The zero-order valence-electron chi connectivity index (χ0n) is 10.4. The van der Waals surface area contributed by atoms with E-state index in [4.69, 9.17) is 0 Å². The van der Waals surface area contributed by atoms with Gasteiger partial charge in [0, 0.05) is 24.4 Å². The molecule has 0 aromatic heterocycles. The Morgan fingerprint density at radius 3 is 2.33 bits per heavy atom. The molecule has 0 aromatic rings. The molecule has 0 saturated carbocycles. The molecule has 1 saturated heterocycles. The average Bonchev–Trinajstić information content (AvgIpc) is 2.44. The first-order chi connectivity index (χ1) is 6.73. The van der Waals surface area contributed by atoms with Gasteiger partial charge in [0.05, 0.1) is 6.04 Å². The van der Waals surface area contributed by atoms with E-state index in [9.17, 15) is 9.18 Å². The van der Waals surface area contributed by atoms with E-state index in [1.165, 1.54) is 0 Å². The number of halogens is 1. The Bertz CT molecular complexity index is 244. The fourth-order valence-electron chi connectivity index (χ4n) is 2.14. The van der Waals surface area contributed by atoms with Crippen LogP contribution in [0.1, 0.15) is 41.0 Å². The van der Waals surface area contributed by atoms with E-state index in [0.717, 1.165) is 0 Å². The standard InChI is InChI=1S/C12H22FNO/c1-8(2)14-7-9(13)6-10(14)11(15)12(3,4)5/h8-10H,6-7H2,1-5H3/t9-,10-/m0/s1. The van der Waals surface area contributed by atoms with E-state index >= 15 is 0 Å². The number of rotatable bonds is 2. The highest BCUT2D eigenvalue weighted by Crippen LogP contribution is 2.29. The Hall–Kier alpha value is -0.440. The number of hydrogen-bond acceptors (Lipinski definition) is 2. The third-order valence-electron chi connectivity index (χ3n) is 2.99. The van der Waals surface area contributed by atoms with Crippen LogP contribution in [0, 0.1) is 5.41 Å². The Kier molecular flexibility index (Phi) is 3.54. The van der Waals surface area contributed by atoms with Crippen LogP contribution in [0.25, 0.3) is 0 Å². The van der Waals surface area contributed by atoms with E-state index in [0.29, 0.717) is 13.0 Å². The van der Waals surface area contributed by atoms with Gasteiger partial charge in [-0.1, -0.05) is 20.8 Å². The van der Waals surface area contributed by atoms with Crippen LogP contribution in [0.15, 0.2) is 0 Å². The van der Waals surface area contributed by atoms with Crippen LogP contribution < -0.4 is 0 Å². The molecule has 2 atom stereocenters. The monoisotopic (exact) mass is 215 g/mol. The molecule has 0 aromatic carbocycles. The summed E-state index contributed by atoms with van der Waals surface area (Å²) >= 11 is 0. The van der Waals surface area contributed by atoms with Crippen LogP contribution >= 0.6 is 0 Å². The van der Waals surface area contributed by atoms with Crippen LogP contribution in [-0.2, 0) is 4.79 Å². The number of nitrogens with zero attached hydrogens (tertiary/aromatic N) is 1. The van der Waals surface area contributed by atoms with Gasteiger partial charge in [-0.15, -0.1) is 0 Å². The van der Waals surface area contributed by atoms with E-state index in [1.54, 1.807) is 0 Å². The minimum absolute atomic E-state index is 0.163. The smallest absolute Gasteiger partial charge is 0.155 e. The topological polar surface area (TPSA) is 20.3 Å². The molecular weight excluding hydrogens is 193 g/mol.